The Morgan fingerprint density at radius 2 is 1.97 bits per heavy atom. The highest BCUT2D eigenvalue weighted by molar-refractivity contribution is 6.07. The van der Waals surface area contributed by atoms with Crippen LogP contribution < -0.4 is 9.47 Å². The number of hydrogen-bond donors (Lipinski definition) is 1. The summed E-state index contributed by atoms with van der Waals surface area (Å²) in [6, 6.07) is 12.3. The first-order valence-electron chi connectivity index (χ1n) is 13.2. The lowest BCUT2D eigenvalue weighted by Crippen LogP contribution is -2.25. The second-order valence-corrected chi connectivity index (χ2v) is 11.3. The van der Waals surface area contributed by atoms with Crippen molar-refractivity contribution in [3.8, 4) is 22.8 Å². The number of aromatic nitrogens is 2. The number of aliphatic hydroxyl groups is 1. The molecule has 2 aromatic carbocycles. The number of hydrogen-bond acceptors (Lipinski definition) is 6. The van der Waals surface area contributed by atoms with Gasteiger partial charge in [0.1, 0.15) is 11.9 Å². The van der Waals surface area contributed by atoms with Gasteiger partial charge in [0.15, 0.2) is 0 Å². The molecule has 1 saturated carbocycles. The summed E-state index contributed by atoms with van der Waals surface area (Å²) in [4.78, 5) is 9.74. The normalized spacial score (nSPS) is 16.1. The van der Waals surface area contributed by atoms with Gasteiger partial charge in [0.25, 0.3) is 0 Å². The quantitative estimate of drug-likeness (QED) is 0.321. The number of aliphatic hydroxyl groups excluding tert-OH is 1. The van der Waals surface area contributed by atoms with E-state index < -0.39 is 11.7 Å². The number of pyridine rings is 2. The molecule has 1 aliphatic heterocycles. The summed E-state index contributed by atoms with van der Waals surface area (Å²) in [6.45, 7) is 9.35. The van der Waals surface area contributed by atoms with Gasteiger partial charge < -0.3 is 19.3 Å². The fourth-order valence-electron chi connectivity index (χ4n) is 5.39. The van der Waals surface area contributed by atoms with E-state index in [0.29, 0.717) is 25.0 Å². The van der Waals surface area contributed by atoms with Gasteiger partial charge in [-0.15, -0.1) is 0 Å². The molecule has 1 atom stereocenters. The number of aryl methyl sites for hydroxylation is 1. The zero-order chi connectivity index (χ0) is 25.7. The summed E-state index contributed by atoms with van der Waals surface area (Å²) in [6.07, 6.45) is 4.70. The van der Waals surface area contributed by atoms with Crippen LogP contribution in [-0.4, -0.2) is 40.5 Å². The molecule has 37 heavy (non-hydrogen) atoms. The van der Waals surface area contributed by atoms with Crippen LogP contribution in [0.25, 0.3) is 32.9 Å². The van der Waals surface area contributed by atoms with Crippen LogP contribution in [0.5, 0.6) is 11.6 Å². The third-order valence-electron chi connectivity index (χ3n) is 7.20. The second-order valence-electron chi connectivity index (χ2n) is 11.3. The first-order valence-corrected chi connectivity index (χ1v) is 13.2. The van der Waals surface area contributed by atoms with E-state index in [1.165, 1.54) is 18.4 Å². The van der Waals surface area contributed by atoms with Crippen LogP contribution in [0, 0.1) is 12.8 Å². The van der Waals surface area contributed by atoms with Crippen LogP contribution in [0.3, 0.4) is 0 Å². The maximum Gasteiger partial charge on any atom is 0.213 e. The van der Waals surface area contributed by atoms with Crippen molar-refractivity contribution in [2.75, 3.05) is 19.8 Å². The summed E-state index contributed by atoms with van der Waals surface area (Å²) < 4.78 is 18.4. The van der Waals surface area contributed by atoms with Gasteiger partial charge in [-0.3, -0.25) is 4.98 Å². The van der Waals surface area contributed by atoms with E-state index in [9.17, 15) is 5.11 Å². The summed E-state index contributed by atoms with van der Waals surface area (Å²) >= 11 is 0. The van der Waals surface area contributed by atoms with Gasteiger partial charge in [0, 0.05) is 35.0 Å². The number of rotatable bonds is 7. The maximum atomic E-state index is 10.5. The van der Waals surface area contributed by atoms with Crippen molar-refractivity contribution in [2.45, 2.75) is 58.7 Å². The molecule has 3 heterocycles. The van der Waals surface area contributed by atoms with Crippen molar-refractivity contribution >= 4 is 21.8 Å². The third-order valence-corrected chi connectivity index (χ3v) is 7.20. The van der Waals surface area contributed by atoms with Gasteiger partial charge in [-0.25, -0.2) is 4.98 Å². The standard InChI is InChI=1S/C31H34N2O4/c1-18-15-23-21(8-10-26(33-23)36-17-19-5-6-19)29(27(18)25(16-34)37-31(2,3)4)22-7-9-24-28-20(12-14-35-24)11-13-32-30(22)28/h7-11,13,15,19,25,34H,5-6,12,14,16-17H2,1-4H3. The predicted octanol–water partition coefficient (Wildman–Crippen LogP) is 6.33. The van der Waals surface area contributed by atoms with Gasteiger partial charge in [0.05, 0.1) is 36.5 Å². The van der Waals surface area contributed by atoms with Crippen molar-refractivity contribution < 1.29 is 19.3 Å². The minimum atomic E-state index is -0.507. The zero-order valence-electron chi connectivity index (χ0n) is 22.0. The van der Waals surface area contributed by atoms with Gasteiger partial charge in [-0.05, 0) is 99.0 Å². The number of nitrogens with zero attached hydrogens (tertiary/aromatic N) is 2. The first kappa shape index (κ1) is 24.1. The zero-order valence-corrected chi connectivity index (χ0v) is 22.0. The third kappa shape index (κ3) is 4.64. The van der Waals surface area contributed by atoms with Gasteiger partial charge >= 0.3 is 0 Å². The van der Waals surface area contributed by atoms with E-state index >= 15 is 0 Å². The lowest BCUT2D eigenvalue weighted by atomic mass is 9.86. The molecule has 1 fully saturated rings. The van der Waals surface area contributed by atoms with E-state index in [0.717, 1.165) is 56.2 Å². The molecule has 1 aliphatic carbocycles. The van der Waals surface area contributed by atoms with Crippen molar-refractivity contribution in [1.82, 2.24) is 9.97 Å². The average Bonchev–Trinajstić information content (AvgIpc) is 3.70. The van der Waals surface area contributed by atoms with Crippen LogP contribution >= 0.6 is 0 Å². The summed E-state index contributed by atoms with van der Waals surface area (Å²) in [5.74, 6) is 2.17. The molecular formula is C31H34N2O4. The lowest BCUT2D eigenvalue weighted by molar-refractivity contribution is -0.0821. The highest BCUT2D eigenvalue weighted by atomic mass is 16.5. The Bertz CT molecular complexity index is 1480. The van der Waals surface area contributed by atoms with E-state index in [-0.39, 0.29) is 6.61 Å². The molecule has 0 radical (unpaired) electrons. The predicted molar refractivity (Wildman–Crippen MR) is 145 cm³/mol. The molecule has 4 aromatic rings. The Hall–Kier alpha value is -3.22. The fourth-order valence-corrected chi connectivity index (χ4v) is 5.39. The van der Waals surface area contributed by atoms with E-state index in [2.05, 4.69) is 31.2 Å². The Labute approximate surface area is 217 Å². The molecule has 2 aliphatic rings. The molecule has 0 bridgehead atoms. The number of benzene rings is 2. The van der Waals surface area contributed by atoms with E-state index in [1.807, 2.05) is 39.1 Å². The van der Waals surface area contributed by atoms with Gasteiger partial charge in [-0.2, -0.15) is 0 Å². The van der Waals surface area contributed by atoms with Gasteiger partial charge in [0.2, 0.25) is 5.88 Å². The minimum absolute atomic E-state index is 0.134. The highest BCUT2D eigenvalue weighted by Gasteiger charge is 2.28. The fraction of sp³-hybridized carbons (Fsp3) is 0.419. The SMILES string of the molecule is Cc1cc2nc(OCC3CC3)ccc2c(-c2ccc3c4c(ccnc24)CCO3)c1C(CO)OC(C)(C)C. The number of ether oxygens (including phenoxy) is 3. The molecule has 1 unspecified atom stereocenters. The monoisotopic (exact) mass is 498 g/mol. The average molecular weight is 499 g/mol. The van der Waals surface area contributed by atoms with Crippen molar-refractivity contribution in [3.05, 3.63) is 59.3 Å². The van der Waals surface area contributed by atoms with Crippen LogP contribution in [0.2, 0.25) is 0 Å². The van der Waals surface area contributed by atoms with Crippen LogP contribution in [0.15, 0.2) is 42.6 Å². The molecule has 2 aromatic heterocycles. The molecule has 0 spiro atoms. The van der Waals surface area contributed by atoms with E-state index in [4.69, 9.17) is 24.2 Å². The summed E-state index contributed by atoms with van der Waals surface area (Å²) in [5, 5.41) is 12.6. The van der Waals surface area contributed by atoms with Crippen molar-refractivity contribution in [2.24, 2.45) is 5.92 Å². The Morgan fingerprint density at radius 1 is 1.14 bits per heavy atom. The largest absolute Gasteiger partial charge is 0.493 e. The van der Waals surface area contributed by atoms with Crippen LogP contribution in [0.1, 0.15) is 56.4 Å². The highest BCUT2D eigenvalue weighted by Crippen LogP contribution is 2.45. The molecule has 6 rings (SSSR count). The summed E-state index contributed by atoms with van der Waals surface area (Å²) in [5.41, 5.74) is 6.49. The molecule has 1 N–H and O–H groups in total. The molecular weight excluding hydrogens is 464 g/mol. The summed E-state index contributed by atoms with van der Waals surface area (Å²) in [7, 11) is 0. The Kier molecular flexibility index (Phi) is 6.04. The smallest absolute Gasteiger partial charge is 0.213 e. The number of fused-ring (bicyclic) bond motifs is 1. The molecule has 6 nitrogen and oxygen atoms in total. The Morgan fingerprint density at radius 3 is 2.73 bits per heavy atom. The molecule has 6 heteroatoms. The van der Waals surface area contributed by atoms with Gasteiger partial charge in [-0.1, -0.05) is 0 Å². The lowest BCUT2D eigenvalue weighted by Gasteiger charge is -2.30. The molecule has 192 valence electrons. The molecule has 0 saturated heterocycles. The maximum absolute atomic E-state index is 10.5. The first-order chi connectivity index (χ1) is 17.8. The minimum Gasteiger partial charge on any atom is -0.493 e. The van der Waals surface area contributed by atoms with E-state index in [1.54, 1.807) is 0 Å². The Balaban J connectivity index is 1.61. The van der Waals surface area contributed by atoms with Crippen LogP contribution in [0.4, 0.5) is 0 Å². The second kappa shape index (κ2) is 9.26. The van der Waals surface area contributed by atoms with Crippen LogP contribution in [-0.2, 0) is 11.2 Å². The topological polar surface area (TPSA) is 73.7 Å². The van der Waals surface area contributed by atoms with Crippen molar-refractivity contribution in [1.29, 1.82) is 0 Å². The van der Waals surface area contributed by atoms with Crippen molar-refractivity contribution in [3.63, 3.8) is 0 Å². The molecule has 0 amide bonds.